The number of anilines is 1. The van der Waals surface area contributed by atoms with E-state index in [9.17, 15) is 4.79 Å². The van der Waals surface area contributed by atoms with E-state index in [1.54, 1.807) is 23.1 Å². The molecule has 0 spiro atoms. The van der Waals surface area contributed by atoms with Gasteiger partial charge >= 0.3 is 0 Å². The van der Waals surface area contributed by atoms with Gasteiger partial charge in [0.05, 0.1) is 27.3 Å². The van der Waals surface area contributed by atoms with Gasteiger partial charge in [0.1, 0.15) is 6.33 Å². The fourth-order valence-corrected chi connectivity index (χ4v) is 5.97. The van der Waals surface area contributed by atoms with Gasteiger partial charge in [-0.3, -0.25) is 9.36 Å². The highest BCUT2D eigenvalue weighted by Gasteiger charge is 2.29. The summed E-state index contributed by atoms with van der Waals surface area (Å²) in [5.41, 5.74) is 4.86. The van der Waals surface area contributed by atoms with Crippen LogP contribution in [0.15, 0.2) is 53.3 Å². The molecule has 1 unspecified atom stereocenters. The van der Waals surface area contributed by atoms with Crippen molar-refractivity contribution < 1.29 is 9.32 Å². The van der Waals surface area contributed by atoms with Crippen LogP contribution >= 0.6 is 23.2 Å². The van der Waals surface area contributed by atoms with Crippen LogP contribution in [0.4, 0.5) is 5.69 Å². The lowest BCUT2D eigenvalue weighted by atomic mass is 10.1. The van der Waals surface area contributed by atoms with Gasteiger partial charge in [-0.25, -0.2) is 9.67 Å². The Morgan fingerprint density at radius 2 is 1.85 bits per heavy atom. The maximum absolute atomic E-state index is 13.2. The van der Waals surface area contributed by atoms with E-state index in [0.29, 0.717) is 33.7 Å². The molecule has 1 aliphatic heterocycles. The number of rotatable bonds is 6. The lowest BCUT2D eigenvalue weighted by Crippen LogP contribution is -2.37. The van der Waals surface area contributed by atoms with E-state index < -0.39 is 0 Å². The van der Waals surface area contributed by atoms with Crippen molar-refractivity contribution in [3.05, 3.63) is 81.6 Å². The average molecular weight is 576 g/mol. The molecule has 2 aromatic carbocycles. The first-order valence-electron chi connectivity index (χ1n) is 13.4. The lowest BCUT2D eigenvalue weighted by molar-refractivity contribution is 0.0940. The summed E-state index contributed by atoms with van der Waals surface area (Å²) in [6.07, 6.45) is 4.74. The molecule has 2 fully saturated rings. The molecule has 0 radical (unpaired) electrons. The van der Waals surface area contributed by atoms with Crippen LogP contribution < -0.4 is 10.2 Å². The Morgan fingerprint density at radius 3 is 2.60 bits per heavy atom. The number of fused-ring (bicyclic) bond motifs is 1. The normalized spacial score (nSPS) is 17.2. The first kappa shape index (κ1) is 25.2. The highest BCUT2D eigenvalue weighted by molar-refractivity contribution is 6.34. The first-order valence-corrected chi connectivity index (χ1v) is 14.1. The van der Waals surface area contributed by atoms with Crippen LogP contribution in [0.1, 0.15) is 52.8 Å². The molecule has 1 saturated carbocycles. The van der Waals surface area contributed by atoms with Crippen LogP contribution in [0.3, 0.4) is 0 Å². The third kappa shape index (κ3) is 4.43. The molecule has 1 saturated heterocycles. The smallest absolute Gasteiger partial charge is 0.253 e. The largest absolute Gasteiger partial charge is 0.366 e. The van der Waals surface area contributed by atoms with E-state index in [-0.39, 0.29) is 11.9 Å². The number of carbonyl (C=O) groups is 1. The zero-order chi connectivity index (χ0) is 27.5. The summed E-state index contributed by atoms with van der Waals surface area (Å²) in [5.74, 6) is 1.83. The summed E-state index contributed by atoms with van der Waals surface area (Å²) in [6.45, 7) is 5.41. The van der Waals surface area contributed by atoms with Crippen molar-refractivity contribution in [2.24, 2.45) is 0 Å². The Balaban J connectivity index is 1.08. The van der Waals surface area contributed by atoms with Gasteiger partial charge in [-0.1, -0.05) is 28.4 Å². The highest BCUT2D eigenvalue weighted by atomic mass is 35.5. The van der Waals surface area contributed by atoms with Gasteiger partial charge in [-0.2, -0.15) is 5.10 Å². The Kier molecular flexibility index (Phi) is 6.09. The van der Waals surface area contributed by atoms with Gasteiger partial charge in [0.15, 0.2) is 17.2 Å². The molecule has 9 nitrogen and oxygen atoms in total. The van der Waals surface area contributed by atoms with E-state index in [1.165, 1.54) is 0 Å². The molecule has 1 aliphatic carbocycles. The van der Waals surface area contributed by atoms with Gasteiger partial charge in [0, 0.05) is 41.5 Å². The van der Waals surface area contributed by atoms with Crippen LogP contribution in [0.25, 0.3) is 22.5 Å². The van der Waals surface area contributed by atoms with Crippen molar-refractivity contribution in [3.8, 4) is 11.5 Å². The van der Waals surface area contributed by atoms with Crippen molar-refractivity contribution >= 4 is 45.8 Å². The molecular formula is C29H27Cl2N7O2. The van der Waals surface area contributed by atoms with Crippen LogP contribution in [0.5, 0.6) is 0 Å². The number of carbonyl (C=O) groups excluding carboxylic acids is 1. The number of halogens is 2. The van der Waals surface area contributed by atoms with Crippen LogP contribution in [0.2, 0.25) is 10.0 Å². The second-order valence-electron chi connectivity index (χ2n) is 10.7. The van der Waals surface area contributed by atoms with Gasteiger partial charge in [0.2, 0.25) is 0 Å². The summed E-state index contributed by atoms with van der Waals surface area (Å²) >= 11 is 13.1. The van der Waals surface area contributed by atoms with E-state index in [4.69, 9.17) is 27.7 Å². The van der Waals surface area contributed by atoms with Crippen molar-refractivity contribution in [2.45, 2.75) is 45.1 Å². The van der Waals surface area contributed by atoms with Crippen molar-refractivity contribution in [1.82, 2.24) is 29.8 Å². The van der Waals surface area contributed by atoms with Gasteiger partial charge in [0.25, 0.3) is 5.91 Å². The third-order valence-corrected chi connectivity index (χ3v) is 8.29. The Hall–Kier alpha value is -3.82. The second-order valence-corrected chi connectivity index (χ2v) is 11.5. The number of benzene rings is 2. The van der Waals surface area contributed by atoms with Gasteiger partial charge in [-0.05, 0) is 75.6 Å². The fraction of sp³-hybridized carbons (Fsp3) is 0.310. The topological polar surface area (TPSA) is 94.0 Å². The summed E-state index contributed by atoms with van der Waals surface area (Å²) in [4.78, 5) is 19.7. The molecule has 4 heterocycles. The number of aromatic nitrogens is 5. The molecule has 3 aromatic heterocycles. The first-order chi connectivity index (χ1) is 19.4. The average Bonchev–Trinajstić information content (AvgIpc) is 3.26. The predicted octanol–water partition coefficient (Wildman–Crippen LogP) is 6.01. The van der Waals surface area contributed by atoms with Gasteiger partial charge < -0.3 is 14.7 Å². The fourth-order valence-electron chi connectivity index (χ4n) is 5.50. The molecule has 11 heteroatoms. The number of aryl methyl sites for hydroxylation is 2. The van der Waals surface area contributed by atoms with Crippen LogP contribution in [-0.2, 0) is 0 Å². The SMILES string of the molecule is Cc1ccc(C)n1-c1noc2c(N3CCC(NC(=O)c4ccc(-n5cnc(C6CC6)n5)cc4Cl)C3)cc(Cl)cc12. The molecule has 5 aromatic rings. The quantitative estimate of drug-likeness (QED) is 0.266. The van der Waals surface area contributed by atoms with E-state index in [1.807, 2.05) is 44.2 Å². The maximum Gasteiger partial charge on any atom is 0.253 e. The number of amides is 1. The standard InChI is InChI=1S/C29H27Cl2N7O2/c1-16-3-4-17(2)38(16)28-23-11-19(30)12-25(26(23)40-35-28)36-10-9-20(14-36)33-29(39)22-8-7-21(13-24(22)31)37-15-32-27(34-37)18-5-6-18/h3-4,7-8,11-13,15,18,20H,5-6,9-10,14H2,1-2H3,(H,33,39). The monoisotopic (exact) mass is 575 g/mol. The third-order valence-electron chi connectivity index (χ3n) is 7.76. The highest BCUT2D eigenvalue weighted by Crippen LogP contribution is 2.38. The van der Waals surface area contributed by atoms with E-state index in [0.717, 1.165) is 65.6 Å². The molecule has 1 N–H and O–H groups in total. The lowest BCUT2D eigenvalue weighted by Gasteiger charge is -2.19. The van der Waals surface area contributed by atoms with Crippen LogP contribution in [0, 0.1) is 13.8 Å². The number of nitrogens with zero attached hydrogens (tertiary/aromatic N) is 6. The zero-order valence-electron chi connectivity index (χ0n) is 22.1. The number of hydrogen-bond acceptors (Lipinski definition) is 6. The minimum atomic E-state index is -0.211. The molecule has 2 aliphatic rings. The number of hydrogen-bond donors (Lipinski definition) is 1. The summed E-state index contributed by atoms with van der Waals surface area (Å²) in [7, 11) is 0. The molecule has 40 heavy (non-hydrogen) atoms. The number of nitrogens with one attached hydrogen (secondary N) is 1. The summed E-state index contributed by atoms with van der Waals surface area (Å²) < 4.78 is 9.62. The molecular weight excluding hydrogens is 549 g/mol. The van der Waals surface area contributed by atoms with Crippen molar-refractivity contribution in [1.29, 1.82) is 0 Å². The maximum atomic E-state index is 13.2. The second kappa shape index (κ2) is 9.67. The Bertz CT molecular complexity index is 1750. The summed E-state index contributed by atoms with van der Waals surface area (Å²) in [5, 5.41) is 13.9. The zero-order valence-corrected chi connectivity index (χ0v) is 23.6. The van der Waals surface area contributed by atoms with Crippen LogP contribution in [-0.4, -0.2) is 49.5 Å². The van der Waals surface area contributed by atoms with E-state index in [2.05, 4.69) is 30.0 Å². The Labute approximate surface area is 240 Å². The minimum Gasteiger partial charge on any atom is -0.366 e. The summed E-state index contributed by atoms with van der Waals surface area (Å²) in [6, 6.07) is 13.1. The van der Waals surface area contributed by atoms with Crippen molar-refractivity contribution in [3.63, 3.8) is 0 Å². The molecule has 7 rings (SSSR count). The predicted molar refractivity (Wildman–Crippen MR) is 154 cm³/mol. The molecule has 1 amide bonds. The van der Waals surface area contributed by atoms with Gasteiger partial charge in [-0.15, -0.1) is 0 Å². The molecule has 204 valence electrons. The minimum absolute atomic E-state index is 0.0648. The Morgan fingerprint density at radius 1 is 1.05 bits per heavy atom. The van der Waals surface area contributed by atoms with E-state index >= 15 is 0 Å². The molecule has 1 atom stereocenters. The van der Waals surface area contributed by atoms with Crippen molar-refractivity contribution in [2.75, 3.05) is 18.0 Å². The molecule has 0 bridgehead atoms.